The van der Waals surface area contributed by atoms with Gasteiger partial charge in [0.05, 0.1) is 17.6 Å². The SMILES string of the molecule is COc1cc(C(=O)O)cc([N+](=O)[O-])c1N=O. The van der Waals surface area contributed by atoms with Crippen LogP contribution in [-0.2, 0) is 0 Å². The number of carboxylic acid groups (broad SMARTS) is 1. The van der Waals surface area contributed by atoms with Crippen LogP contribution in [0.2, 0.25) is 0 Å². The molecule has 84 valence electrons. The van der Waals surface area contributed by atoms with Crippen LogP contribution >= 0.6 is 0 Å². The molecule has 0 aliphatic rings. The van der Waals surface area contributed by atoms with E-state index in [-0.39, 0.29) is 11.3 Å². The highest BCUT2D eigenvalue weighted by molar-refractivity contribution is 5.91. The van der Waals surface area contributed by atoms with E-state index in [1.807, 2.05) is 0 Å². The lowest BCUT2D eigenvalue weighted by atomic mass is 10.1. The number of ether oxygens (including phenoxy) is 1. The molecule has 0 saturated carbocycles. The first-order chi connectivity index (χ1) is 7.51. The van der Waals surface area contributed by atoms with E-state index in [0.717, 1.165) is 19.2 Å². The summed E-state index contributed by atoms with van der Waals surface area (Å²) in [6, 6.07) is 1.74. The molecule has 0 aliphatic carbocycles. The Morgan fingerprint density at radius 2 is 2.19 bits per heavy atom. The molecule has 0 aliphatic heterocycles. The van der Waals surface area contributed by atoms with Crippen molar-refractivity contribution < 1.29 is 19.6 Å². The van der Waals surface area contributed by atoms with Crippen molar-refractivity contribution in [2.24, 2.45) is 5.18 Å². The van der Waals surface area contributed by atoms with E-state index >= 15 is 0 Å². The van der Waals surface area contributed by atoms with E-state index in [2.05, 4.69) is 9.91 Å². The molecule has 0 unspecified atom stereocenters. The van der Waals surface area contributed by atoms with Crippen LogP contribution < -0.4 is 4.74 Å². The molecule has 1 N–H and O–H groups in total. The molecule has 0 atom stereocenters. The molecular weight excluding hydrogens is 220 g/mol. The lowest BCUT2D eigenvalue weighted by Gasteiger charge is -2.04. The average Bonchev–Trinajstić information content (AvgIpc) is 2.26. The van der Waals surface area contributed by atoms with Gasteiger partial charge in [0.25, 0.3) is 0 Å². The van der Waals surface area contributed by atoms with Crippen LogP contribution in [0.25, 0.3) is 0 Å². The number of carboxylic acids is 1. The van der Waals surface area contributed by atoms with Crippen LogP contribution in [0.5, 0.6) is 5.75 Å². The Bertz CT molecular complexity index is 470. The van der Waals surface area contributed by atoms with Gasteiger partial charge >= 0.3 is 11.7 Å². The highest BCUT2D eigenvalue weighted by Gasteiger charge is 2.23. The molecule has 0 radical (unpaired) electrons. The van der Waals surface area contributed by atoms with E-state index in [1.165, 1.54) is 0 Å². The van der Waals surface area contributed by atoms with Gasteiger partial charge < -0.3 is 9.84 Å². The van der Waals surface area contributed by atoms with Crippen molar-refractivity contribution in [2.75, 3.05) is 7.11 Å². The van der Waals surface area contributed by atoms with Crippen LogP contribution in [0.3, 0.4) is 0 Å². The van der Waals surface area contributed by atoms with Gasteiger partial charge in [0, 0.05) is 6.07 Å². The third-order valence-corrected chi connectivity index (χ3v) is 1.81. The van der Waals surface area contributed by atoms with Crippen molar-refractivity contribution in [3.8, 4) is 5.75 Å². The molecule has 1 rings (SSSR count). The summed E-state index contributed by atoms with van der Waals surface area (Å²) in [5.74, 6) is -1.61. The fourth-order valence-electron chi connectivity index (χ4n) is 1.10. The molecule has 0 aromatic heterocycles. The molecule has 16 heavy (non-hydrogen) atoms. The van der Waals surface area contributed by atoms with E-state index in [1.54, 1.807) is 0 Å². The Kier molecular flexibility index (Phi) is 3.14. The Morgan fingerprint density at radius 3 is 2.56 bits per heavy atom. The molecule has 0 spiro atoms. The van der Waals surface area contributed by atoms with Crippen molar-refractivity contribution in [2.45, 2.75) is 0 Å². The normalized spacial score (nSPS) is 9.56. The predicted octanol–water partition coefficient (Wildman–Crippen LogP) is 1.70. The fraction of sp³-hybridized carbons (Fsp3) is 0.125. The molecule has 1 aromatic carbocycles. The summed E-state index contributed by atoms with van der Waals surface area (Å²) >= 11 is 0. The summed E-state index contributed by atoms with van der Waals surface area (Å²) in [5, 5.41) is 21.7. The number of nitrogens with zero attached hydrogens (tertiary/aromatic N) is 2. The smallest absolute Gasteiger partial charge is 0.336 e. The van der Waals surface area contributed by atoms with Gasteiger partial charge in [0.1, 0.15) is 0 Å². The zero-order valence-corrected chi connectivity index (χ0v) is 8.04. The summed E-state index contributed by atoms with van der Waals surface area (Å²) in [6.45, 7) is 0. The summed E-state index contributed by atoms with van der Waals surface area (Å²) in [4.78, 5) is 30.8. The Balaban J connectivity index is 3.55. The maximum atomic E-state index is 10.7. The number of nitro groups is 1. The van der Waals surface area contributed by atoms with Gasteiger partial charge in [0.2, 0.25) is 5.69 Å². The van der Waals surface area contributed by atoms with Gasteiger partial charge in [-0.05, 0) is 11.2 Å². The maximum Gasteiger partial charge on any atom is 0.336 e. The van der Waals surface area contributed by atoms with Crippen LogP contribution in [0.4, 0.5) is 11.4 Å². The quantitative estimate of drug-likeness (QED) is 0.474. The minimum atomic E-state index is -1.36. The van der Waals surface area contributed by atoms with Crippen molar-refractivity contribution in [1.29, 1.82) is 0 Å². The van der Waals surface area contributed by atoms with Crippen LogP contribution in [0.15, 0.2) is 17.3 Å². The van der Waals surface area contributed by atoms with Crippen LogP contribution in [-0.4, -0.2) is 23.1 Å². The second-order valence-corrected chi connectivity index (χ2v) is 2.70. The molecule has 8 nitrogen and oxygen atoms in total. The molecule has 0 fully saturated rings. The average molecular weight is 226 g/mol. The largest absolute Gasteiger partial charge is 0.494 e. The van der Waals surface area contributed by atoms with Crippen molar-refractivity contribution >= 4 is 17.3 Å². The summed E-state index contributed by atoms with van der Waals surface area (Å²) < 4.78 is 4.66. The summed E-state index contributed by atoms with van der Waals surface area (Å²) in [7, 11) is 1.15. The standard InChI is InChI=1S/C8H6N2O6/c1-16-6-3-4(8(11)12)2-5(10(14)15)7(6)9-13/h2-3H,1H3,(H,11,12). The third kappa shape index (κ3) is 1.95. The topological polar surface area (TPSA) is 119 Å². The van der Waals surface area contributed by atoms with Gasteiger partial charge in [-0.3, -0.25) is 10.1 Å². The molecule has 1 aromatic rings. The zero-order chi connectivity index (χ0) is 12.3. The number of aromatic carboxylic acids is 1. The van der Waals surface area contributed by atoms with Gasteiger partial charge in [-0.2, -0.15) is 0 Å². The van der Waals surface area contributed by atoms with E-state index in [4.69, 9.17) is 5.11 Å². The van der Waals surface area contributed by atoms with Crippen LogP contribution in [0, 0.1) is 15.0 Å². The Hall–Kier alpha value is -2.51. The van der Waals surface area contributed by atoms with Gasteiger partial charge in [-0.15, -0.1) is 4.91 Å². The second kappa shape index (κ2) is 4.34. The lowest BCUT2D eigenvalue weighted by molar-refractivity contribution is -0.384. The number of nitro benzene ring substituents is 1. The summed E-state index contributed by atoms with van der Waals surface area (Å²) in [6.07, 6.45) is 0. The maximum absolute atomic E-state index is 10.7. The first-order valence-corrected chi connectivity index (χ1v) is 3.94. The lowest BCUT2D eigenvalue weighted by Crippen LogP contribution is -2.00. The molecular formula is C8H6N2O6. The van der Waals surface area contributed by atoms with Gasteiger partial charge in [0.15, 0.2) is 5.75 Å². The first-order valence-electron chi connectivity index (χ1n) is 3.94. The first kappa shape index (κ1) is 11.6. The molecule has 0 saturated heterocycles. The fourth-order valence-corrected chi connectivity index (χ4v) is 1.10. The van der Waals surface area contributed by atoms with E-state index in [0.29, 0.717) is 0 Å². The minimum Gasteiger partial charge on any atom is -0.494 e. The molecule has 0 bridgehead atoms. The number of nitroso groups, excluding NO2 is 1. The number of benzene rings is 1. The van der Waals surface area contributed by atoms with E-state index < -0.39 is 22.3 Å². The van der Waals surface area contributed by atoms with Gasteiger partial charge in [-0.25, -0.2) is 4.79 Å². The number of hydrogen-bond donors (Lipinski definition) is 1. The Labute approximate surface area is 88.6 Å². The number of hydrogen-bond acceptors (Lipinski definition) is 6. The molecule has 0 heterocycles. The number of methoxy groups -OCH3 is 1. The second-order valence-electron chi connectivity index (χ2n) is 2.70. The highest BCUT2D eigenvalue weighted by Crippen LogP contribution is 2.38. The highest BCUT2D eigenvalue weighted by atomic mass is 16.6. The number of carbonyl (C=O) groups is 1. The van der Waals surface area contributed by atoms with E-state index in [9.17, 15) is 19.8 Å². The summed E-state index contributed by atoms with van der Waals surface area (Å²) in [5.41, 5.74) is -1.58. The molecule has 8 heteroatoms. The monoisotopic (exact) mass is 226 g/mol. The number of rotatable bonds is 4. The third-order valence-electron chi connectivity index (χ3n) is 1.81. The van der Waals surface area contributed by atoms with Crippen LogP contribution in [0.1, 0.15) is 10.4 Å². The van der Waals surface area contributed by atoms with Gasteiger partial charge in [-0.1, -0.05) is 0 Å². The molecule has 0 amide bonds. The van der Waals surface area contributed by atoms with Crippen molar-refractivity contribution in [3.05, 3.63) is 32.7 Å². The predicted molar refractivity (Wildman–Crippen MR) is 52.1 cm³/mol. The minimum absolute atomic E-state index is 0.249. The zero-order valence-electron chi connectivity index (χ0n) is 8.04. The van der Waals surface area contributed by atoms with Crippen molar-refractivity contribution in [1.82, 2.24) is 0 Å². The van der Waals surface area contributed by atoms with Crippen molar-refractivity contribution in [3.63, 3.8) is 0 Å². The Morgan fingerprint density at radius 1 is 1.56 bits per heavy atom.